The summed E-state index contributed by atoms with van der Waals surface area (Å²) in [6, 6.07) is 0. The zero-order valence-electron chi connectivity index (χ0n) is 17.1. The lowest BCUT2D eigenvalue weighted by molar-refractivity contribution is -0.161. The minimum absolute atomic E-state index is 0.123. The highest BCUT2D eigenvalue weighted by Crippen LogP contribution is 2.67. The molecule has 3 nitrogen and oxygen atoms in total. The molecule has 4 fully saturated rings. The van der Waals surface area contributed by atoms with E-state index in [0.717, 1.165) is 37.0 Å². The van der Waals surface area contributed by atoms with Gasteiger partial charge in [0.2, 0.25) is 0 Å². The van der Waals surface area contributed by atoms with Crippen LogP contribution in [-0.4, -0.2) is 17.9 Å². The van der Waals surface area contributed by atoms with Crippen LogP contribution < -0.4 is 0 Å². The highest BCUT2D eigenvalue weighted by Gasteiger charge is 2.60. The Hall–Kier alpha value is -0.860. The molecule has 0 bridgehead atoms. The van der Waals surface area contributed by atoms with Crippen LogP contribution in [0.5, 0.6) is 0 Å². The van der Waals surface area contributed by atoms with Crippen molar-refractivity contribution in [2.45, 2.75) is 91.6 Å². The number of ketones is 1. The van der Waals surface area contributed by atoms with Gasteiger partial charge in [-0.1, -0.05) is 13.8 Å². The molecule has 4 aliphatic carbocycles. The van der Waals surface area contributed by atoms with E-state index in [4.69, 9.17) is 4.74 Å². The Morgan fingerprint density at radius 1 is 0.846 bits per heavy atom. The summed E-state index contributed by atoms with van der Waals surface area (Å²) in [5.74, 6) is 3.68. The zero-order valence-corrected chi connectivity index (χ0v) is 17.1. The molecule has 0 aliphatic heterocycles. The molecule has 4 saturated carbocycles. The number of carbonyl (C=O) groups excluding carboxylic acids is 2. The number of fused-ring (bicyclic) bond motifs is 5. The number of ether oxygens (including phenoxy) is 1. The van der Waals surface area contributed by atoms with E-state index in [9.17, 15) is 9.59 Å². The normalized spacial score (nSPS) is 50.3. The average Bonchev–Trinajstić information content (AvgIpc) is 2.92. The maximum atomic E-state index is 12.2. The SMILES string of the molecule is CC(=O)O[C@@H]1CCC2(C)C(CCC3C2CCC2(C)C(C(C)=O)CCC32)C1. The van der Waals surface area contributed by atoms with E-state index in [0.29, 0.717) is 23.0 Å². The predicted octanol–water partition coefficient (Wildman–Crippen LogP) is 5.17. The minimum atomic E-state index is -0.123. The summed E-state index contributed by atoms with van der Waals surface area (Å²) in [6.07, 6.45) is 11.0. The van der Waals surface area contributed by atoms with Crippen molar-refractivity contribution in [2.75, 3.05) is 0 Å². The molecule has 8 atom stereocenters. The molecular weight excluding hydrogens is 324 g/mol. The smallest absolute Gasteiger partial charge is 0.302 e. The second-order valence-corrected chi connectivity index (χ2v) is 10.4. The van der Waals surface area contributed by atoms with Crippen LogP contribution in [0.3, 0.4) is 0 Å². The fourth-order valence-electron chi connectivity index (χ4n) is 8.23. The van der Waals surface area contributed by atoms with Crippen LogP contribution in [0.4, 0.5) is 0 Å². The average molecular weight is 361 g/mol. The topological polar surface area (TPSA) is 43.4 Å². The fourth-order valence-corrected chi connectivity index (χ4v) is 8.23. The van der Waals surface area contributed by atoms with Gasteiger partial charge in [0.25, 0.3) is 0 Å². The molecule has 26 heavy (non-hydrogen) atoms. The van der Waals surface area contributed by atoms with Crippen LogP contribution in [0.1, 0.15) is 85.5 Å². The highest BCUT2D eigenvalue weighted by molar-refractivity contribution is 5.79. The number of Topliss-reactive ketones (excluding diaryl/α,β-unsaturated/α-hetero) is 1. The lowest BCUT2D eigenvalue weighted by Gasteiger charge is -2.61. The van der Waals surface area contributed by atoms with E-state index in [2.05, 4.69) is 13.8 Å². The third-order valence-corrected chi connectivity index (χ3v) is 9.44. The summed E-state index contributed by atoms with van der Waals surface area (Å²) < 4.78 is 5.57. The van der Waals surface area contributed by atoms with Gasteiger partial charge in [0.15, 0.2) is 0 Å². The molecular formula is C23H36O3. The lowest BCUT2D eigenvalue weighted by Crippen LogP contribution is -2.54. The van der Waals surface area contributed by atoms with E-state index >= 15 is 0 Å². The molecule has 0 aromatic carbocycles. The molecule has 146 valence electrons. The van der Waals surface area contributed by atoms with Crippen molar-refractivity contribution in [3.63, 3.8) is 0 Å². The van der Waals surface area contributed by atoms with Crippen LogP contribution in [0.15, 0.2) is 0 Å². The van der Waals surface area contributed by atoms with Gasteiger partial charge in [-0.2, -0.15) is 0 Å². The van der Waals surface area contributed by atoms with Crippen molar-refractivity contribution in [3.8, 4) is 0 Å². The van der Waals surface area contributed by atoms with E-state index in [-0.39, 0.29) is 17.5 Å². The summed E-state index contributed by atoms with van der Waals surface area (Å²) in [4.78, 5) is 23.6. The third-order valence-electron chi connectivity index (χ3n) is 9.44. The van der Waals surface area contributed by atoms with Gasteiger partial charge in [0.1, 0.15) is 11.9 Å². The summed E-state index contributed by atoms with van der Waals surface area (Å²) >= 11 is 0. The molecule has 0 amide bonds. The first-order valence-corrected chi connectivity index (χ1v) is 10.9. The Morgan fingerprint density at radius 3 is 2.23 bits per heavy atom. The van der Waals surface area contributed by atoms with E-state index in [1.807, 2.05) is 6.92 Å². The Morgan fingerprint density at radius 2 is 1.54 bits per heavy atom. The minimum Gasteiger partial charge on any atom is -0.463 e. The molecule has 0 aromatic heterocycles. The van der Waals surface area contributed by atoms with Gasteiger partial charge in [0, 0.05) is 12.8 Å². The zero-order chi connectivity index (χ0) is 18.7. The summed E-state index contributed by atoms with van der Waals surface area (Å²) in [6.45, 7) is 8.33. The van der Waals surface area contributed by atoms with Gasteiger partial charge in [-0.25, -0.2) is 0 Å². The maximum Gasteiger partial charge on any atom is 0.302 e. The standard InChI is InChI=1S/C23H36O3/c1-14(24)19-7-8-20-18-6-5-16-13-17(26-15(2)25)9-11-22(16,3)21(18)10-12-23(19,20)4/h16-21H,5-13H2,1-4H3/t16?,17-,18?,19?,20?,21?,22?,23?/m1/s1. The maximum absolute atomic E-state index is 12.2. The van der Waals surface area contributed by atoms with Gasteiger partial charge in [-0.15, -0.1) is 0 Å². The Labute approximate surface area is 158 Å². The first kappa shape index (κ1) is 18.5. The molecule has 0 aromatic rings. The Bertz CT molecular complexity index is 598. The van der Waals surface area contributed by atoms with Crippen molar-refractivity contribution >= 4 is 11.8 Å². The fraction of sp³-hybridized carbons (Fsp3) is 0.913. The summed E-state index contributed by atoms with van der Waals surface area (Å²) in [7, 11) is 0. The lowest BCUT2D eigenvalue weighted by atomic mass is 9.44. The van der Waals surface area contributed by atoms with Gasteiger partial charge in [0.05, 0.1) is 0 Å². The van der Waals surface area contributed by atoms with Gasteiger partial charge in [-0.05, 0) is 99.2 Å². The first-order valence-electron chi connectivity index (χ1n) is 10.9. The predicted molar refractivity (Wildman–Crippen MR) is 101 cm³/mol. The second-order valence-electron chi connectivity index (χ2n) is 10.4. The molecule has 0 saturated heterocycles. The van der Waals surface area contributed by atoms with Crippen molar-refractivity contribution in [3.05, 3.63) is 0 Å². The number of carbonyl (C=O) groups is 2. The van der Waals surface area contributed by atoms with Crippen LogP contribution in [-0.2, 0) is 14.3 Å². The quantitative estimate of drug-likeness (QED) is 0.638. The highest BCUT2D eigenvalue weighted by atomic mass is 16.5. The van der Waals surface area contributed by atoms with Crippen LogP contribution in [0.25, 0.3) is 0 Å². The molecule has 4 rings (SSSR count). The number of hydrogen-bond donors (Lipinski definition) is 0. The molecule has 7 unspecified atom stereocenters. The number of rotatable bonds is 2. The van der Waals surface area contributed by atoms with Gasteiger partial charge in [-0.3, -0.25) is 9.59 Å². The van der Waals surface area contributed by atoms with Crippen molar-refractivity contribution in [1.82, 2.24) is 0 Å². The van der Waals surface area contributed by atoms with Gasteiger partial charge < -0.3 is 4.74 Å². The van der Waals surface area contributed by atoms with Crippen molar-refractivity contribution in [2.24, 2.45) is 40.4 Å². The summed E-state index contributed by atoms with van der Waals surface area (Å²) in [5, 5.41) is 0. The second kappa shape index (κ2) is 6.34. The van der Waals surface area contributed by atoms with Crippen LogP contribution in [0, 0.1) is 40.4 Å². The number of hydrogen-bond acceptors (Lipinski definition) is 3. The Kier molecular flexibility index (Phi) is 4.51. The third kappa shape index (κ3) is 2.67. The molecule has 4 aliphatic rings. The van der Waals surface area contributed by atoms with Gasteiger partial charge >= 0.3 is 5.97 Å². The molecule has 0 radical (unpaired) electrons. The van der Waals surface area contributed by atoms with Crippen LogP contribution >= 0.6 is 0 Å². The first-order chi connectivity index (χ1) is 12.3. The van der Waals surface area contributed by atoms with Crippen molar-refractivity contribution in [1.29, 1.82) is 0 Å². The Balaban J connectivity index is 1.54. The molecule has 3 heteroatoms. The summed E-state index contributed by atoms with van der Waals surface area (Å²) in [5.41, 5.74) is 0.667. The molecule has 0 N–H and O–H groups in total. The van der Waals surface area contributed by atoms with E-state index in [1.165, 1.54) is 45.4 Å². The molecule has 0 heterocycles. The monoisotopic (exact) mass is 360 g/mol. The van der Waals surface area contributed by atoms with Crippen LogP contribution in [0.2, 0.25) is 0 Å². The van der Waals surface area contributed by atoms with Crippen molar-refractivity contribution < 1.29 is 14.3 Å². The van der Waals surface area contributed by atoms with E-state index < -0.39 is 0 Å². The van der Waals surface area contributed by atoms with E-state index in [1.54, 1.807) is 0 Å². The number of esters is 1. The largest absolute Gasteiger partial charge is 0.463 e. The molecule has 0 spiro atoms.